The van der Waals surface area contributed by atoms with Gasteiger partial charge in [-0.1, -0.05) is 30.3 Å². The molecule has 0 saturated heterocycles. The first-order valence-corrected chi connectivity index (χ1v) is 9.05. The molecule has 1 aromatic heterocycles. The molecule has 1 N–H and O–H groups in total. The van der Waals surface area contributed by atoms with Crippen LogP contribution in [0.15, 0.2) is 41.8 Å². The molecule has 110 valence electrons. The Hall–Kier alpha value is -1.12. The largest absolute Gasteiger partial charge is 0.306 e. The summed E-state index contributed by atoms with van der Waals surface area (Å²) in [5, 5.41) is 6.15. The van der Waals surface area contributed by atoms with Crippen molar-refractivity contribution in [1.29, 1.82) is 0 Å². The van der Waals surface area contributed by atoms with Gasteiger partial charge in [-0.2, -0.15) is 0 Å². The Morgan fingerprint density at radius 1 is 1.00 bits per heavy atom. The maximum absolute atomic E-state index is 3.97. The highest BCUT2D eigenvalue weighted by atomic mass is 32.1. The summed E-state index contributed by atoms with van der Waals surface area (Å²) in [5.41, 5.74) is 3.19. The first-order valence-electron chi connectivity index (χ1n) is 8.17. The second-order valence-electron chi connectivity index (χ2n) is 6.70. The molecule has 0 amide bonds. The zero-order valence-corrected chi connectivity index (χ0v) is 13.4. The quantitative estimate of drug-likeness (QED) is 0.873. The summed E-state index contributed by atoms with van der Waals surface area (Å²) < 4.78 is 0. The number of hydrogen-bond donors (Lipinski definition) is 1. The van der Waals surface area contributed by atoms with Crippen LogP contribution in [-0.4, -0.2) is 6.04 Å². The van der Waals surface area contributed by atoms with Crippen molar-refractivity contribution >= 4 is 11.3 Å². The first kappa shape index (κ1) is 13.5. The second kappa shape index (κ2) is 5.58. The SMILES string of the molecule is CC(NC1C2CCC1Cc1ccccc1C2)c1cccs1. The van der Waals surface area contributed by atoms with Gasteiger partial charge in [-0.15, -0.1) is 11.3 Å². The maximum Gasteiger partial charge on any atom is 0.0388 e. The third-order valence-electron chi connectivity index (χ3n) is 5.42. The van der Waals surface area contributed by atoms with Crippen molar-refractivity contribution in [1.82, 2.24) is 5.32 Å². The molecule has 1 saturated carbocycles. The van der Waals surface area contributed by atoms with Crippen molar-refractivity contribution in [3.05, 3.63) is 57.8 Å². The molecule has 1 fully saturated rings. The Balaban J connectivity index is 1.55. The molecule has 2 aliphatic carbocycles. The summed E-state index contributed by atoms with van der Waals surface area (Å²) in [6, 6.07) is 14.7. The van der Waals surface area contributed by atoms with E-state index >= 15 is 0 Å². The molecule has 3 atom stereocenters. The number of thiophene rings is 1. The zero-order valence-electron chi connectivity index (χ0n) is 12.6. The summed E-state index contributed by atoms with van der Waals surface area (Å²) in [4.78, 5) is 1.47. The van der Waals surface area contributed by atoms with Gasteiger partial charge < -0.3 is 5.32 Å². The van der Waals surface area contributed by atoms with E-state index in [4.69, 9.17) is 0 Å². The molecule has 2 heteroatoms. The van der Waals surface area contributed by atoms with E-state index in [2.05, 4.69) is 54.0 Å². The molecule has 1 aromatic carbocycles. The molecule has 0 aliphatic heterocycles. The first-order chi connectivity index (χ1) is 10.3. The molecular formula is C19H23NS. The minimum Gasteiger partial charge on any atom is -0.306 e. The van der Waals surface area contributed by atoms with Gasteiger partial charge in [0.05, 0.1) is 0 Å². The van der Waals surface area contributed by atoms with E-state index in [0.717, 1.165) is 11.8 Å². The maximum atomic E-state index is 3.97. The highest BCUT2D eigenvalue weighted by molar-refractivity contribution is 7.10. The summed E-state index contributed by atoms with van der Waals surface area (Å²) >= 11 is 1.87. The predicted octanol–water partition coefficient (Wildman–Crippen LogP) is 4.59. The highest BCUT2D eigenvalue weighted by Crippen LogP contribution is 2.41. The van der Waals surface area contributed by atoms with Crippen molar-refractivity contribution in [3.63, 3.8) is 0 Å². The van der Waals surface area contributed by atoms with E-state index in [1.54, 1.807) is 11.1 Å². The van der Waals surface area contributed by atoms with Gasteiger partial charge in [0.25, 0.3) is 0 Å². The average Bonchev–Trinajstić information content (AvgIpc) is 3.08. The fourth-order valence-electron chi connectivity index (χ4n) is 4.33. The van der Waals surface area contributed by atoms with Gasteiger partial charge in [0.15, 0.2) is 0 Å². The van der Waals surface area contributed by atoms with Crippen molar-refractivity contribution in [2.45, 2.75) is 44.7 Å². The lowest BCUT2D eigenvalue weighted by atomic mass is 9.94. The summed E-state index contributed by atoms with van der Waals surface area (Å²) in [7, 11) is 0. The van der Waals surface area contributed by atoms with Crippen molar-refractivity contribution in [2.75, 3.05) is 0 Å². The molecule has 2 aromatic rings. The zero-order chi connectivity index (χ0) is 14.2. The second-order valence-corrected chi connectivity index (χ2v) is 7.68. The highest BCUT2D eigenvalue weighted by Gasteiger charge is 2.39. The van der Waals surface area contributed by atoms with Gasteiger partial charge in [-0.05, 0) is 67.0 Å². The van der Waals surface area contributed by atoms with Crippen LogP contribution >= 0.6 is 11.3 Å². The fourth-order valence-corrected chi connectivity index (χ4v) is 5.08. The minimum atomic E-state index is 0.485. The number of hydrogen-bond acceptors (Lipinski definition) is 2. The number of rotatable bonds is 3. The summed E-state index contributed by atoms with van der Waals surface area (Å²) in [6.07, 6.45) is 5.32. The standard InChI is InChI=1S/C19H23NS/c1-13(18-7-4-10-21-18)20-19-16-8-9-17(19)12-15-6-3-2-5-14(15)11-16/h2-7,10,13,16-17,19-20H,8-9,11-12H2,1H3. The lowest BCUT2D eigenvalue weighted by Crippen LogP contribution is -2.39. The molecule has 21 heavy (non-hydrogen) atoms. The Morgan fingerprint density at radius 3 is 2.24 bits per heavy atom. The van der Waals surface area contributed by atoms with E-state index in [9.17, 15) is 0 Å². The third kappa shape index (κ3) is 2.56. The van der Waals surface area contributed by atoms with Crippen LogP contribution < -0.4 is 5.32 Å². The predicted molar refractivity (Wildman–Crippen MR) is 89.7 cm³/mol. The van der Waals surface area contributed by atoms with Crippen LogP contribution in [0.25, 0.3) is 0 Å². The molecular weight excluding hydrogens is 274 g/mol. The van der Waals surface area contributed by atoms with E-state index < -0.39 is 0 Å². The summed E-state index contributed by atoms with van der Waals surface area (Å²) in [5.74, 6) is 1.64. The van der Waals surface area contributed by atoms with E-state index in [1.807, 2.05) is 11.3 Å². The lowest BCUT2D eigenvalue weighted by molar-refractivity contribution is 0.316. The average molecular weight is 297 g/mol. The number of benzene rings is 1. The number of nitrogens with one attached hydrogen (secondary N) is 1. The topological polar surface area (TPSA) is 12.0 Å². The molecule has 0 spiro atoms. The fraction of sp³-hybridized carbons (Fsp3) is 0.474. The van der Waals surface area contributed by atoms with E-state index in [0.29, 0.717) is 12.1 Å². The van der Waals surface area contributed by atoms with Gasteiger partial charge in [0.1, 0.15) is 0 Å². The molecule has 2 aliphatic rings. The smallest absolute Gasteiger partial charge is 0.0388 e. The van der Waals surface area contributed by atoms with Gasteiger partial charge in [-0.25, -0.2) is 0 Å². The number of fused-ring (bicyclic) bond motifs is 3. The normalized spacial score (nSPS) is 28.9. The van der Waals surface area contributed by atoms with Crippen LogP contribution in [0, 0.1) is 11.8 Å². The summed E-state index contributed by atoms with van der Waals surface area (Å²) in [6.45, 7) is 2.32. The van der Waals surface area contributed by atoms with Gasteiger partial charge >= 0.3 is 0 Å². The van der Waals surface area contributed by atoms with Gasteiger partial charge in [0, 0.05) is 17.0 Å². The van der Waals surface area contributed by atoms with Crippen LogP contribution in [0.4, 0.5) is 0 Å². The molecule has 0 radical (unpaired) electrons. The molecule has 1 nitrogen and oxygen atoms in total. The Kier molecular flexibility index (Phi) is 3.60. The monoisotopic (exact) mass is 297 g/mol. The van der Waals surface area contributed by atoms with E-state index in [-0.39, 0.29) is 0 Å². The molecule has 3 unspecified atom stereocenters. The molecule has 2 bridgehead atoms. The van der Waals surface area contributed by atoms with Crippen LogP contribution in [0.5, 0.6) is 0 Å². The Morgan fingerprint density at radius 2 is 1.67 bits per heavy atom. The van der Waals surface area contributed by atoms with Crippen LogP contribution in [0.2, 0.25) is 0 Å². The molecule has 1 heterocycles. The van der Waals surface area contributed by atoms with Crippen molar-refractivity contribution in [2.24, 2.45) is 11.8 Å². The lowest BCUT2D eigenvalue weighted by Gasteiger charge is -2.27. The van der Waals surface area contributed by atoms with Crippen molar-refractivity contribution in [3.8, 4) is 0 Å². The van der Waals surface area contributed by atoms with Gasteiger partial charge in [0.2, 0.25) is 0 Å². The van der Waals surface area contributed by atoms with Gasteiger partial charge in [-0.3, -0.25) is 0 Å². The van der Waals surface area contributed by atoms with Crippen LogP contribution in [0.1, 0.15) is 41.8 Å². The van der Waals surface area contributed by atoms with Crippen LogP contribution in [-0.2, 0) is 12.8 Å². The Labute approximate surface area is 131 Å². The van der Waals surface area contributed by atoms with E-state index in [1.165, 1.54) is 30.6 Å². The van der Waals surface area contributed by atoms with Crippen molar-refractivity contribution < 1.29 is 0 Å². The Bertz CT molecular complexity index is 571. The minimum absolute atomic E-state index is 0.485. The third-order valence-corrected chi connectivity index (χ3v) is 6.47. The molecule has 4 rings (SSSR count). The van der Waals surface area contributed by atoms with Crippen LogP contribution in [0.3, 0.4) is 0 Å².